The van der Waals surface area contributed by atoms with Crippen LogP contribution in [0, 0.1) is 5.41 Å². The van der Waals surface area contributed by atoms with Crippen LogP contribution in [-0.4, -0.2) is 34.9 Å². The molecule has 0 bridgehead atoms. The Morgan fingerprint density at radius 3 is 2.44 bits per heavy atom. The Balaban J connectivity index is 1.91. The summed E-state index contributed by atoms with van der Waals surface area (Å²) in [4.78, 5) is 16.4. The van der Waals surface area contributed by atoms with E-state index in [0.717, 1.165) is 0 Å². The molecule has 0 fully saturated rings. The Morgan fingerprint density at radius 1 is 1.11 bits per heavy atom. The van der Waals surface area contributed by atoms with Crippen molar-refractivity contribution in [3.8, 4) is 11.5 Å². The molecule has 0 aliphatic heterocycles. The van der Waals surface area contributed by atoms with Gasteiger partial charge in [0.25, 0.3) is 0 Å². The Labute approximate surface area is 156 Å². The first-order valence-electron chi connectivity index (χ1n) is 8.34. The summed E-state index contributed by atoms with van der Waals surface area (Å²) in [6, 6.07) is 13.8. The van der Waals surface area contributed by atoms with Gasteiger partial charge in [-0.25, -0.2) is 14.3 Å². The summed E-state index contributed by atoms with van der Waals surface area (Å²) < 4.78 is 17.2. The maximum absolute atomic E-state index is 12.0. The van der Waals surface area contributed by atoms with E-state index in [9.17, 15) is 4.79 Å². The lowest BCUT2D eigenvalue weighted by molar-refractivity contribution is 0.129. The zero-order valence-corrected chi connectivity index (χ0v) is 15.2. The molecule has 140 valence electrons. The van der Waals surface area contributed by atoms with E-state index in [0.29, 0.717) is 22.5 Å². The number of fused-ring (bicyclic) bond motifs is 1. The summed E-state index contributed by atoms with van der Waals surface area (Å²) >= 11 is 0. The maximum Gasteiger partial charge on any atom is 0.414 e. The van der Waals surface area contributed by atoms with Crippen LogP contribution in [0.1, 0.15) is 13.8 Å². The lowest BCUT2D eigenvalue weighted by Crippen LogP contribution is -2.24. The molecule has 0 aliphatic carbocycles. The van der Waals surface area contributed by atoms with E-state index in [2.05, 4.69) is 10.3 Å². The Bertz CT molecular complexity index is 964. The number of rotatable bonds is 4. The third-order valence-corrected chi connectivity index (χ3v) is 3.59. The van der Waals surface area contributed by atoms with Crippen LogP contribution in [0.25, 0.3) is 11.0 Å². The first kappa shape index (κ1) is 18.2. The molecule has 0 radical (unpaired) electrons. The van der Waals surface area contributed by atoms with Crippen molar-refractivity contribution in [3.63, 3.8) is 0 Å². The van der Waals surface area contributed by atoms with Gasteiger partial charge in [0.15, 0.2) is 0 Å². The minimum atomic E-state index is -0.654. The Kier molecular flexibility index (Phi) is 5.25. The molecule has 0 unspecified atom stereocenters. The fourth-order valence-corrected chi connectivity index (χ4v) is 2.45. The van der Waals surface area contributed by atoms with E-state index in [1.165, 1.54) is 4.57 Å². The van der Waals surface area contributed by atoms with Gasteiger partial charge in [0.05, 0.1) is 24.2 Å². The standard InChI is InChI=1S/C19H20N4O4/c1-12(2)26-19(24)22-18-21-15-6-4-5-7-16(15)23(18)17(20)27-14-10-8-13(25-3)9-11-14/h4-12,20H,1-3H3,(H,21,22,24). The zero-order chi connectivity index (χ0) is 19.4. The van der Waals surface area contributed by atoms with Crippen molar-refractivity contribution in [3.05, 3.63) is 48.5 Å². The van der Waals surface area contributed by atoms with Gasteiger partial charge >= 0.3 is 12.1 Å². The second kappa shape index (κ2) is 7.77. The number of anilines is 1. The SMILES string of the molecule is COc1ccc(OC(=N)n2c(NC(=O)OC(C)C)nc3ccccc32)cc1. The van der Waals surface area contributed by atoms with E-state index in [1.54, 1.807) is 57.4 Å². The molecular formula is C19H20N4O4. The molecule has 0 saturated carbocycles. The molecule has 1 aromatic heterocycles. The summed E-state index contributed by atoms with van der Waals surface area (Å²) in [6.07, 6.45) is -0.934. The number of nitrogens with zero attached hydrogens (tertiary/aromatic N) is 2. The zero-order valence-electron chi connectivity index (χ0n) is 15.2. The van der Waals surface area contributed by atoms with Crippen LogP contribution in [0.5, 0.6) is 11.5 Å². The van der Waals surface area contributed by atoms with Crippen LogP contribution < -0.4 is 14.8 Å². The van der Waals surface area contributed by atoms with E-state index in [4.69, 9.17) is 19.6 Å². The van der Waals surface area contributed by atoms with Gasteiger partial charge < -0.3 is 14.2 Å². The number of ether oxygens (including phenoxy) is 3. The molecule has 0 spiro atoms. The third-order valence-electron chi connectivity index (χ3n) is 3.59. The number of para-hydroxylation sites is 2. The van der Waals surface area contributed by atoms with Crippen LogP contribution in [0.4, 0.5) is 10.7 Å². The number of aromatic nitrogens is 2. The molecule has 8 nitrogen and oxygen atoms in total. The number of hydrogen-bond donors (Lipinski definition) is 2. The van der Waals surface area contributed by atoms with Crippen LogP contribution >= 0.6 is 0 Å². The van der Waals surface area contributed by atoms with Gasteiger partial charge in [-0.1, -0.05) is 12.1 Å². The van der Waals surface area contributed by atoms with Crippen molar-refractivity contribution >= 4 is 29.1 Å². The minimum Gasteiger partial charge on any atom is -0.497 e. The predicted octanol–water partition coefficient (Wildman–Crippen LogP) is 3.86. The molecule has 27 heavy (non-hydrogen) atoms. The number of carbonyl (C=O) groups excluding carboxylic acids is 1. The van der Waals surface area contributed by atoms with Crippen LogP contribution in [-0.2, 0) is 4.74 Å². The number of carbonyl (C=O) groups is 1. The molecule has 3 aromatic rings. The predicted molar refractivity (Wildman–Crippen MR) is 102 cm³/mol. The Hall–Kier alpha value is -3.55. The lowest BCUT2D eigenvalue weighted by Gasteiger charge is -2.13. The molecule has 1 amide bonds. The number of nitrogens with one attached hydrogen (secondary N) is 2. The van der Waals surface area contributed by atoms with Crippen molar-refractivity contribution in [2.45, 2.75) is 20.0 Å². The number of hydrogen-bond acceptors (Lipinski definition) is 6. The Morgan fingerprint density at radius 2 is 1.78 bits per heavy atom. The second-order valence-electron chi connectivity index (χ2n) is 5.92. The van der Waals surface area contributed by atoms with E-state index >= 15 is 0 Å². The average molecular weight is 368 g/mol. The molecule has 2 N–H and O–H groups in total. The summed E-state index contributed by atoms with van der Waals surface area (Å²) in [5.41, 5.74) is 1.23. The maximum atomic E-state index is 12.0. The number of benzene rings is 2. The third kappa shape index (κ3) is 4.17. The first-order valence-corrected chi connectivity index (χ1v) is 8.34. The summed E-state index contributed by atoms with van der Waals surface area (Å²) in [7, 11) is 1.57. The van der Waals surface area contributed by atoms with Crippen molar-refractivity contribution in [1.29, 1.82) is 5.41 Å². The number of imidazole rings is 1. The highest BCUT2D eigenvalue weighted by molar-refractivity contribution is 5.95. The van der Waals surface area contributed by atoms with Gasteiger partial charge in [-0.15, -0.1) is 0 Å². The van der Waals surface area contributed by atoms with Crippen molar-refractivity contribution in [2.75, 3.05) is 12.4 Å². The van der Waals surface area contributed by atoms with Gasteiger partial charge in [0, 0.05) is 0 Å². The molecule has 8 heteroatoms. The molecule has 3 rings (SSSR count). The summed E-state index contributed by atoms with van der Waals surface area (Å²) in [5.74, 6) is 1.27. The molecule has 2 aromatic carbocycles. The van der Waals surface area contributed by atoms with Crippen molar-refractivity contribution in [2.24, 2.45) is 0 Å². The van der Waals surface area contributed by atoms with Gasteiger partial charge in [-0.05, 0) is 50.2 Å². The van der Waals surface area contributed by atoms with Gasteiger partial charge in [0.1, 0.15) is 11.5 Å². The summed E-state index contributed by atoms with van der Waals surface area (Å²) in [6.45, 7) is 3.49. The molecule has 0 aliphatic rings. The molecule has 0 atom stereocenters. The highest BCUT2D eigenvalue weighted by Crippen LogP contribution is 2.22. The highest BCUT2D eigenvalue weighted by Gasteiger charge is 2.19. The smallest absolute Gasteiger partial charge is 0.414 e. The lowest BCUT2D eigenvalue weighted by atomic mass is 10.3. The number of amides is 1. The van der Waals surface area contributed by atoms with Crippen molar-refractivity contribution < 1.29 is 19.0 Å². The minimum absolute atomic E-state index is 0.139. The van der Waals surface area contributed by atoms with Crippen LogP contribution in [0.15, 0.2) is 48.5 Å². The topological polar surface area (TPSA) is 98.5 Å². The average Bonchev–Trinajstić information content (AvgIpc) is 2.99. The van der Waals surface area contributed by atoms with Crippen LogP contribution in [0.2, 0.25) is 0 Å². The first-order chi connectivity index (χ1) is 13.0. The molecule has 1 heterocycles. The molecule has 0 saturated heterocycles. The van der Waals surface area contributed by atoms with E-state index in [-0.39, 0.29) is 18.1 Å². The van der Waals surface area contributed by atoms with Crippen LogP contribution in [0.3, 0.4) is 0 Å². The van der Waals surface area contributed by atoms with E-state index in [1.807, 2.05) is 12.1 Å². The van der Waals surface area contributed by atoms with Gasteiger partial charge in [0.2, 0.25) is 5.95 Å². The van der Waals surface area contributed by atoms with E-state index < -0.39 is 6.09 Å². The second-order valence-corrected chi connectivity index (χ2v) is 5.92. The highest BCUT2D eigenvalue weighted by atomic mass is 16.6. The fraction of sp³-hybridized carbons (Fsp3) is 0.211. The fourth-order valence-electron chi connectivity index (χ4n) is 2.45. The van der Waals surface area contributed by atoms with Crippen molar-refractivity contribution in [1.82, 2.24) is 9.55 Å². The largest absolute Gasteiger partial charge is 0.497 e. The number of methoxy groups -OCH3 is 1. The normalized spacial score (nSPS) is 10.7. The monoisotopic (exact) mass is 368 g/mol. The van der Waals surface area contributed by atoms with Gasteiger partial charge in [-0.3, -0.25) is 10.7 Å². The van der Waals surface area contributed by atoms with Gasteiger partial charge in [-0.2, -0.15) is 0 Å². The summed E-state index contributed by atoms with van der Waals surface area (Å²) in [5, 5.41) is 10.9. The molecular weight excluding hydrogens is 348 g/mol. The quantitative estimate of drug-likeness (QED) is 0.538.